The second-order valence-electron chi connectivity index (χ2n) is 8.60. The number of piperidine rings is 1. The lowest BCUT2D eigenvalue weighted by Gasteiger charge is -2.49. The first-order valence-electron chi connectivity index (χ1n) is 11.0. The van der Waals surface area contributed by atoms with Gasteiger partial charge in [-0.15, -0.1) is 0 Å². The SMILES string of the molecule is CCCS(=O)(=O)N1CCC2(CC1)C[C@@H](N1CCN(c3ccccn3)CC1)CCO2. The van der Waals surface area contributed by atoms with E-state index in [2.05, 4.69) is 20.9 Å². The summed E-state index contributed by atoms with van der Waals surface area (Å²) in [5, 5.41) is 0. The van der Waals surface area contributed by atoms with Crippen molar-refractivity contribution in [1.29, 1.82) is 0 Å². The summed E-state index contributed by atoms with van der Waals surface area (Å²) < 4.78 is 32.7. The first kappa shape index (κ1) is 21.0. The van der Waals surface area contributed by atoms with Crippen molar-refractivity contribution in [3.8, 4) is 0 Å². The quantitative estimate of drug-likeness (QED) is 0.723. The third-order valence-electron chi connectivity index (χ3n) is 6.76. The van der Waals surface area contributed by atoms with Crippen LogP contribution in [0.25, 0.3) is 0 Å². The summed E-state index contributed by atoms with van der Waals surface area (Å²) in [4.78, 5) is 9.46. The van der Waals surface area contributed by atoms with Gasteiger partial charge in [-0.25, -0.2) is 17.7 Å². The molecule has 0 N–H and O–H groups in total. The molecule has 7 nitrogen and oxygen atoms in total. The van der Waals surface area contributed by atoms with Crippen LogP contribution in [0.15, 0.2) is 24.4 Å². The number of ether oxygens (including phenoxy) is 1. The number of rotatable bonds is 5. The largest absolute Gasteiger partial charge is 0.375 e. The summed E-state index contributed by atoms with van der Waals surface area (Å²) in [6.45, 7) is 8.01. The van der Waals surface area contributed by atoms with E-state index in [1.54, 1.807) is 4.31 Å². The molecule has 0 aliphatic carbocycles. The second-order valence-corrected chi connectivity index (χ2v) is 10.7. The molecule has 4 rings (SSSR count). The molecule has 0 bridgehead atoms. The highest BCUT2D eigenvalue weighted by Gasteiger charge is 2.43. The van der Waals surface area contributed by atoms with Crippen LogP contribution in [0, 0.1) is 0 Å². The van der Waals surface area contributed by atoms with Gasteiger partial charge in [-0.05, 0) is 44.2 Å². The first-order chi connectivity index (χ1) is 14.0. The van der Waals surface area contributed by atoms with Crippen LogP contribution in [-0.4, -0.2) is 85.9 Å². The number of pyridine rings is 1. The monoisotopic (exact) mass is 422 g/mol. The van der Waals surface area contributed by atoms with Gasteiger partial charge in [-0.1, -0.05) is 13.0 Å². The van der Waals surface area contributed by atoms with E-state index in [-0.39, 0.29) is 11.4 Å². The molecule has 0 amide bonds. The highest BCUT2D eigenvalue weighted by Crippen LogP contribution is 2.37. The van der Waals surface area contributed by atoms with Gasteiger partial charge < -0.3 is 9.64 Å². The molecule has 3 saturated heterocycles. The summed E-state index contributed by atoms with van der Waals surface area (Å²) in [6.07, 6.45) is 6.27. The van der Waals surface area contributed by atoms with Crippen LogP contribution in [-0.2, 0) is 14.8 Å². The Balaban J connectivity index is 1.32. The Morgan fingerprint density at radius 1 is 1.14 bits per heavy atom. The Morgan fingerprint density at radius 2 is 1.90 bits per heavy atom. The molecule has 0 saturated carbocycles. The zero-order valence-corrected chi connectivity index (χ0v) is 18.3. The molecule has 3 aliphatic heterocycles. The Kier molecular flexibility index (Phi) is 6.44. The lowest BCUT2D eigenvalue weighted by Crippen LogP contribution is -2.57. The van der Waals surface area contributed by atoms with Crippen LogP contribution in [0.1, 0.15) is 39.0 Å². The Hall–Kier alpha value is -1.22. The van der Waals surface area contributed by atoms with Crippen LogP contribution < -0.4 is 4.90 Å². The van der Waals surface area contributed by atoms with Gasteiger partial charge in [-0.2, -0.15) is 0 Å². The number of sulfonamides is 1. The van der Waals surface area contributed by atoms with Gasteiger partial charge in [-0.3, -0.25) is 4.90 Å². The first-order valence-corrected chi connectivity index (χ1v) is 12.6. The van der Waals surface area contributed by atoms with Crippen LogP contribution in [0.3, 0.4) is 0 Å². The van der Waals surface area contributed by atoms with E-state index in [4.69, 9.17) is 4.74 Å². The van der Waals surface area contributed by atoms with E-state index in [0.29, 0.717) is 25.6 Å². The fraction of sp³-hybridized carbons (Fsp3) is 0.762. The highest BCUT2D eigenvalue weighted by atomic mass is 32.2. The Bertz CT molecular complexity index is 757. The van der Waals surface area contributed by atoms with Crippen molar-refractivity contribution in [2.45, 2.75) is 50.7 Å². The van der Waals surface area contributed by atoms with Gasteiger partial charge in [0.1, 0.15) is 5.82 Å². The fourth-order valence-electron chi connectivity index (χ4n) is 5.08. The molecule has 1 atom stereocenters. The van der Waals surface area contributed by atoms with Crippen molar-refractivity contribution >= 4 is 15.8 Å². The van der Waals surface area contributed by atoms with E-state index >= 15 is 0 Å². The summed E-state index contributed by atoms with van der Waals surface area (Å²) in [5.41, 5.74) is -0.140. The Labute approximate surface area is 175 Å². The maximum absolute atomic E-state index is 12.4. The molecule has 0 unspecified atom stereocenters. The van der Waals surface area contributed by atoms with Crippen LogP contribution in [0.4, 0.5) is 5.82 Å². The maximum Gasteiger partial charge on any atom is 0.214 e. The molecule has 0 aromatic carbocycles. The molecular formula is C21H34N4O3S. The van der Waals surface area contributed by atoms with Crippen molar-refractivity contribution in [1.82, 2.24) is 14.2 Å². The Morgan fingerprint density at radius 3 is 2.55 bits per heavy atom. The summed E-state index contributed by atoms with van der Waals surface area (Å²) in [5.74, 6) is 1.32. The van der Waals surface area contributed by atoms with Crippen LogP contribution in [0.5, 0.6) is 0 Å². The molecule has 0 radical (unpaired) electrons. The maximum atomic E-state index is 12.4. The molecule has 4 heterocycles. The molecule has 162 valence electrons. The number of nitrogens with zero attached hydrogens (tertiary/aromatic N) is 4. The average molecular weight is 423 g/mol. The van der Waals surface area contributed by atoms with Gasteiger partial charge in [0.05, 0.1) is 11.4 Å². The molecule has 3 fully saturated rings. The van der Waals surface area contributed by atoms with Gasteiger partial charge in [0.15, 0.2) is 0 Å². The molecule has 29 heavy (non-hydrogen) atoms. The van der Waals surface area contributed by atoms with Crippen LogP contribution in [0.2, 0.25) is 0 Å². The van der Waals surface area contributed by atoms with Gasteiger partial charge >= 0.3 is 0 Å². The van der Waals surface area contributed by atoms with Crippen molar-refractivity contribution < 1.29 is 13.2 Å². The molecule has 1 aromatic rings. The molecule has 1 spiro atoms. The summed E-state index contributed by atoms with van der Waals surface area (Å²) in [7, 11) is -3.10. The second kappa shape index (κ2) is 8.88. The van der Waals surface area contributed by atoms with Crippen molar-refractivity contribution in [2.75, 3.05) is 56.5 Å². The molecule has 8 heteroatoms. The highest BCUT2D eigenvalue weighted by molar-refractivity contribution is 7.89. The lowest BCUT2D eigenvalue weighted by molar-refractivity contribution is -0.127. The average Bonchev–Trinajstić information content (AvgIpc) is 2.75. The fourth-order valence-corrected chi connectivity index (χ4v) is 6.59. The van der Waals surface area contributed by atoms with Crippen molar-refractivity contribution in [2.24, 2.45) is 0 Å². The van der Waals surface area contributed by atoms with E-state index in [0.717, 1.165) is 64.3 Å². The van der Waals surface area contributed by atoms with E-state index in [1.165, 1.54) is 0 Å². The summed E-state index contributed by atoms with van der Waals surface area (Å²) in [6, 6.07) is 6.62. The lowest BCUT2D eigenvalue weighted by atomic mass is 9.82. The van der Waals surface area contributed by atoms with Crippen molar-refractivity contribution in [3.63, 3.8) is 0 Å². The van der Waals surface area contributed by atoms with Crippen molar-refractivity contribution in [3.05, 3.63) is 24.4 Å². The minimum Gasteiger partial charge on any atom is -0.375 e. The van der Waals surface area contributed by atoms with E-state index in [1.807, 2.05) is 25.3 Å². The third kappa shape index (κ3) is 4.76. The number of aromatic nitrogens is 1. The number of hydrogen-bond acceptors (Lipinski definition) is 6. The smallest absolute Gasteiger partial charge is 0.214 e. The van der Waals surface area contributed by atoms with Gasteiger partial charge in [0.25, 0.3) is 0 Å². The minimum atomic E-state index is -3.10. The molecule has 1 aromatic heterocycles. The van der Waals surface area contributed by atoms with Crippen LogP contribution >= 0.6 is 0 Å². The minimum absolute atomic E-state index is 0.140. The zero-order chi connectivity index (χ0) is 20.3. The molecular weight excluding hydrogens is 388 g/mol. The zero-order valence-electron chi connectivity index (χ0n) is 17.5. The number of hydrogen-bond donors (Lipinski definition) is 0. The summed E-state index contributed by atoms with van der Waals surface area (Å²) >= 11 is 0. The predicted octanol–water partition coefficient (Wildman–Crippen LogP) is 1.96. The number of piperazine rings is 1. The number of anilines is 1. The van der Waals surface area contributed by atoms with Gasteiger partial charge in [0, 0.05) is 58.1 Å². The van der Waals surface area contributed by atoms with Gasteiger partial charge in [0.2, 0.25) is 10.0 Å². The normalized spacial score (nSPS) is 26.7. The van der Waals surface area contributed by atoms with E-state index < -0.39 is 10.0 Å². The standard InChI is InChI=1S/C21H34N4O3S/c1-2-17-29(26,27)25-10-7-21(8-11-25)18-19(6-16-28-21)23-12-14-24(15-13-23)20-5-3-4-9-22-20/h3-5,9,19H,2,6-8,10-18H2,1H3/t19-/m0/s1. The predicted molar refractivity (Wildman–Crippen MR) is 115 cm³/mol. The van der Waals surface area contributed by atoms with E-state index in [9.17, 15) is 8.42 Å². The third-order valence-corrected chi connectivity index (χ3v) is 8.84. The molecule has 3 aliphatic rings. The topological polar surface area (TPSA) is 66.0 Å².